The van der Waals surface area contributed by atoms with E-state index in [1.165, 1.54) is 7.11 Å². The third-order valence-electron chi connectivity index (χ3n) is 4.92. The molecule has 32 heavy (non-hydrogen) atoms. The van der Waals surface area contributed by atoms with Crippen molar-refractivity contribution in [3.8, 4) is 0 Å². The van der Waals surface area contributed by atoms with Gasteiger partial charge in [0.25, 0.3) is 5.91 Å². The van der Waals surface area contributed by atoms with E-state index in [9.17, 15) is 9.59 Å². The Bertz CT molecular complexity index is 1130. The van der Waals surface area contributed by atoms with Crippen molar-refractivity contribution in [1.29, 1.82) is 0 Å². The molecule has 0 aromatic heterocycles. The molecule has 1 atom stereocenters. The monoisotopic (exact) mass is 471 g/mol. The lowest BCUT2D eigenvalue weighted by molar-refractivity contribution is 0.0600. The maximum absolute atomic E-state index is 13.1. The van der Waals surface area contributed by atoms with Crippen LogP contribution < -0.4 is 16.4 Å². The summed E-state index contributed by atoms with van der Waals surface area (Å²) in [6.45, 7) is 2.27. The lowest BCUT2D eigenvalue weighted by Crippen LogP contribution is -2.27. The van der Waals surface area contributed by atoms with Crippen molar-refractivity contribution < 1.29 is 14.3 Å². The molecule has 3 aromatic carbocycles. The van der Waals surface area contributed by atoms with Gasteiger partial charge in [-0.15, -0.1) is 0 Å². The van der Waals surface area contributed by atoms with Crippen molar-refractivity contribution in [2.75, 3.05) is 18.2 Å². The van der Waals surface area contributed by atoms with Crippen molar-refractivity contribution in [3.63, 3.8) is 0 Å². The van der Waals surface area contributed by atoms with E-state index in [0.29, 0.717) is 39.1 Å². The molecule has 3 aromatic rings. The third-order valence-corrected chi connectivity index (χ3v) is 5.37. The fourth-order valence-electron chi connectivity index (χ4n) is 3.23. The smallest absolute Gasteiger partial charge is 0.337 e. The minimum Gasteiger partial charge on any atom is -0.465 e. The molecule has 0 saturated carbocycles. The van der Waals surface area contributed by atoms with Crippen LogP contribution in [0.25, 0.3) is 0 Å². The summed E-state index contributed by atoms with van der Waals surface area (Å²) in [5, 5.41) is 7.15. The number of rotatable bonds is 7. The summed E-state index contributed by atoms with van der Waals surface area (Å²) in [5.41, 5.74) is 9.54. The predicted octanol–water partition coefficient (Wildman–Crippen LogP) is 5.47. The van der Waals surface area contributed by atoms with Gasteiger partial charge in [0.15, 0.2) is 0 Å². The minimum atomic E-state index is -0.418. The number of methoxy groups -OCH3 is 1. The highest BCUT2D eigenvalue weighted by Crippen LogP contribution is 2.29. The van der Waals surface area contributed by atoms with Crippen LogP contribution in [0.2, 0.25) is 10.0 Å². The Morgan fingerprint density at radius 1 is 1.03 bits per heavy atom. The maximum atomic E-state index is 13.1. The van der Waals surface area contributed by atoms with Gasteiger partial charge in [-0.1, -0.05) is 47.5 Å². The van der Waals surface area contributed by atoms with Gasteiger partial charge in [0.05, 0.1) is 35.7 Å². The molecule has 8 heteroatoms. The Kier molecular flexibility index (Phi) is 7.62. The summed E-state index contributed by atoms with van der Waals surface area (Å²) in [6.07, 6.45) is 0. The fraction of sp³-hybridized carbons (Fsp3) is 0.167. The number of carbonyl (C=O) groups excluding carboxylic acids is 2. The molecule has 0 fully saturated rings. The molecule has 0 unspecified atom stereocenters. The predicted molar refractivity (Wildman–Crippen MR) is 128 cm³/mol. The van der Waals surface area contributed by atoms with Gasteiger partial charge in [0, 0.05) is 16.6 Å². The molecule has 0 aliphatic heterocycles. The van der Waals surface area contributed by atoms with E-state index in [1.807, 2.05) is 25.1 Å². The highest BCUT2D eigenvalue weighted by Gasteiger charge is 2.18. The average molecular weight is 472 g/mol. The molecule has 3 rings (SSSR count). The van der Waals surface area contributed by atoms with Crippen LogP contribution in [0.3, 0.4) is 0 Å². The van der Waals surface area contributed by atoms with Crippen LogP contribution in [0.15, 0.2) is 60.7 Å². The van der Waals surface area contributed by atoms with Crippen LogP contribution in [-0.4, -0.2) is 19.0 Å². The summed E-state index contributed by atoms with van der Waals surface area (Å²) in [7, 11) is 1.33. The number of hydrogen-bond donors (Lipinski definition) is 3. The molecular formula is C24H23Cl2N3O3. The van der Waals surface area contributed by atoms with E-state index in [4.69, 9.17) is 33.7 Å². The molecule has 166 valence electrons. The molecule has 4 N–H and O–H groups in total. The highest BCUT2D eigenvalue weighted by molar-refractivity contribution is 6.31. The SMILES string of the molecule is COC(=O)c1ccc([C@H](C)NC(=O)c2cc(Cl)cc(N)c2NCc2cccc(Cl)c2)cc1. The normalized spacial score (nSPS) is 11.5. The first-order valence-electron chi connectivity index (χ1n) is 9.85. The molecule has 0 spiro atoms. The molecular weight excluding hydrogens is 449 g/mol. The van der Waals surface area contributed by atoms with Gasteiger partial charge < -0.3 is 21.1 Å². The van der Waals surface area contributed by atoms with E-state index < -0.39 is 5.97 Å². The summed E-state index contributed by atoms with van der Waals surface area (Å²) in [6, 6.07) is 17.1. The first kappa shape index (κ1) is 23.4. The van der Waals surface area contributed by atoms with E-state index in [0.717, 1.165) is 11.1 Å². The number of ether oxygens (including phenoxy) is 1. The van der Waals surface area contributed by atoms with Crippen LogP contribution in [0, 0.1) is 0 Å². The van der Waals surface area contributed by atoms with Crippen LogP contribution >= 0.6 is 23.2 Å². The number of nitrogens with one attached hydrogen (secondary N) is 2. The molecule has 0 radical (unpaired) electrons. The van der Waals surface area contributed by atoms with E-state index >= 15 is 0 Å². The van der Waals surface area contributed by atoms with Crippen molar-refractivity contribution in [2.24, 2.45) is 0 Å². The van der Waals surface area contributed by atoms with Gasteiger partial charge in [0.1, 0.15) is 0 Å². The van der Waals surface area contributed by atoms with Gasteiger partial charge in [-0.2, -0.15) is 0 Å². The first-order chi connectivity index (χ1) is 15.3. The lowest BCUT2D eigenvalue weighted by Gasteiger charge is -2.19. The van der Waals surface area contributed by atoms with Crippen LogP contribution in [0.4, 0.5) is 11.4 Å². The maximum Gasteiger partial charge on any atom is 0.337 e. The number of nitrogens with two attached hydrogens (primary N) is 1. The molecule has 0 saturated heterocycles. The highest BCUT2D eigenvalue weighted by atomic mass is 35.5. The van der Waals surface area contributed by atoms with Crippen molar-refractivity contribution in [3.05, 3.63) is 93.0 Å². The lowest BCUT2D eigenvalue weighted by atomic mass is 10.0. The Balaban J connectivity index is 1.78. The second kappa shape index (κ2) is 10.4. The van der Waals surface area contributed by atoms with E-state index in [-0.39, 0.29) is 11.9 Å². The van der Waals surface area contributed by atoms with Crippen LogP contribution in [-0.2, 0) is 11.3 Å². The average Bonchev–Trinajstić information content (AvgIpc) is 2.77. The van der Waals surface area contributed by atoms with Crippen molar-refractivity contribution in [1.82, 2.24) is 5.32 Å². The number of benzene rings is 3. The summed E-state index contributed by atoms with van der Waals surface area (Å²) < 4.78 is 4.71. The Labute approximate surface area is 196 Å². The number of nitrogen functional groups attached to an aromatic ring is 1. The molecule has 1 amide bonds. The second-order valence-electron chi connectivity index (χ2n) is 7.21. The molecule has 6 nitrogen and oxygen atoms in total. The standard InChI is InChI=1S/C24H23Cl2N3O3/c1-14(16-6-8-17(9-7-16)24(31)32-2)29-23(30)20-11-19(26)12-21(27)22(20)28-13-15-4-3-5-18(25)10-15/h3-12,14,28H,13,27H2,1-2H3,(H,29,30)/t14-/m0/s1. The number of amides is 1. The topological polar surface area (TPSA) is 93.5 Å². The zero-order chi connectivity index (χ0) is 23.3. The molecule has 0 aliphatic rings. The van der Waals surface area contributed by atoms with E-state index in [2.05, 4.69) is 10.6 Å². The largest absolute Gasteiger partial charge is 0.465 e. The van der Waals surface area contributed by atoms with E-state index in [1.54, 1.807) is 42.5 Å². The van der Waals surface area contributed by atoms with Crippen LogP contribution in [0.5, 0.6) is 0 Å². The number of halogens is 2. The molecule has 0 aliphatic carbocycles. The number of anilines is 2. The summed E-state index contributed by atoms with van der Waals surface area (Å²) in [5.74, 6) is -0.754. The van der Waals surface area contributed by atoms with Gasteiger partial charge >= 0.3 is 5.97 Å². The number of esters is 1. The Morgan fingerprint density at radius 3 is 2.41 bits per heavy atom. The summed E-state index contributed by atoms with van der Waals surface area (Å²) >= 11 is 12.2. The van der Waals surface area contributed by atoms with Gasteiger partial charge in [0.2, 0.25) is 0 Å². The molecule has 0 heterocycles. The van der Waals surface area contributed by atoms with Gasteiger partial charge in [-0.25, -0.2) is 4.79 Å². The first-order valence-corrected chi connectivity index (χ1v) is 10.6. The van der Waals surface area contributed by atoms with Crippen molar-refractivity contribution in [2.45, 2.75) is 19.5 Å². The minimum absolute atomic E-state index is 0.324. The number of carbonyl (C=O) groups is 2. The fourth-order valence-corrected chi connectivity index (χ4v) is 3.66. The zero-order valence-corrected chi connectivity index (χ0v) is 19.1. The molecule has 0 bridgehead atoms. The third kappa shape index (κ3) is 5.72. The zero-order valence-electron chi connectivity index (χ0n) is 17.6. The quantitative estimate of drug-likeness (QED) is 0.314. The Morgan fingerprint density at radius 2 is 1.75 bits per heavy atom. The van der Waals surface area contributed by atoms with Crippen molar-refractivity contribution >= 4 is 46.5 Å². The van der Waals surface area contributed by atoms with Gasteiger partial charge in [-0.05, 0) is 54.4 Å². The Hall–Kier alpha value is -3.22. The number of hydrogen-bond acceptors (Lipinski definition) is 5. The van der Waals surface area contributed by atoms with Gasteiger partial charge in [-0.3, -0.25) is 4.79 Å². The second-order valence-corrected chi connectivity index (χ2v) is 8.08. The van der Waals surface area contributed by atoms with Crippen LogP contribution in [0.1, 0.15) is 44.8 Å². The summed E-state index contributed by atoms with van der Waals surface area (Å²) in [4.78, 5) is 24.7.